The topological polar surface area (TPSA) is 55.1 Å². The number of amides is 1. The van der Waals surface area contributed by atoms with Crippen LogP contribution in [0.4, 0.5) is 0 Å². The number of nitrogens with one attached hydrogen (secondary N) is 1. The number of benzene rings is 1. The predicted octanol–water partition coefficient (Wildman–Crippen LogP) is 2.68. The number of terminal acetylenes is 1. The Morgan fingerprint density at radius 1 is 1.45 bits per heavy atom. The number of carbonyl (C=O) groups excluding carboxylic acids is 1. The Balaban J connectivity index is 1.98. The average Bonchev–Trinajstić information content (AvgIpc) is 2.92. The van der Waals surface area contributed by atoms with Gasteiger partial charge in [-0.3, -0.25) is 4.79 Å². The van der Waals surface area contributed by atoms with Crippen LogP contribution in [-0.4, -0.2) is 17.4 Å². The summed E-state index contributed by atoms with van der Waals surface area (Å²) in [6, 6.07) is 7.36. The minimum absolute atomic E-state index is 0.125. The lowest BCUT2D eigenvalue weighted by Gasteiger charge is -2.00. The van der Waals surface area contributed by atoms with Gasteiger partial charge in [-0.05, 0) is 12.1 Å². The van der Waals surface area contributed by atoms with E-state index in [0.717, 1.165) is 5.56 Å². The van der Waals surface area contributed by atoms with Gasteiger partial charge in [-0.1, -0.05) is 29.7 Å². The van der Waals surface area contributed by atoms with Gasteiger partial charge in [0.2, 0.25) is 5.91 Å². The van der Waals surface area contributed by atoms with Crippen molar-refractivity contribution in [1.29, 1.82) is 0 Å². The van der Waals surface area contributed by atoms with E-state index in [2.05, 4.69) is 16.2 Å². The molecule has 0 aliphatic rings. The van der Waals surface area contributed by atoms with Gasteiger partial charge in [-0.15, -0.1) is 6.42 Å². The van der Waals surface area contributed by atoms with Crippen LogP contribution in [0.2, 0.25) is 5.02 Å². The van der Waals surface area contributed by atoms with E-state index in [0.29, 0.717) is 23.1 Å². The third-order valence-corrected chi connectivity index (χ3v) is 2.98. The highest BCUT2D eigenvalue weighted by Gasteiger charge is 2.10. The summed E-state index contributed by atoms with van der Waals surface area (Å²) >= 11 is 6.08. The molecule has 1 N–H and O–H groups in total. The normalized spacial score (nSPS) is 10.0. The lowest BCUT2D eigenvalue weighted by Crippen LogP contribution is -2.23. The van der Waals surface area contributed by atoms with Crippen molar-refractivity contribution in [2.75, 3.05) is 6.54 Å². The largest absolute Gasteiger partial charge is 0.441 e. The Hall–Kier alpha value is -2.25. The Kier molecular flexibility index (Phi) is 4.80. The maximum atomic E-state index is 11.4. The van der Waals surface area contributed by atoms with E-state index in [-0.39, 0.29) is 18.9 Å². The Morgan fingerprint density at radius 2 is 2.25 bits per heavy atom. The molecular formula is C15H13ClN2O2. The zero-order chi connectivity index (χ0) is 14.4. The molecule has 0 saturated heterocycles. The van der Waals surface area contributed by atoms with Gasteiger partial charge in [-0.2, -0.15) is 0 Å². The third-order valence-electron chi connectivity index (χ3n) is 2.65. The zero-order valence-electron chi connectivity index (χ0n) is 10.7. The summed E-state index contributed by atoms with van der Waals surface area (Å²) in [5, 5.41) is 3.18. The second-order valence-electron chi connectivity index (χ2n) is 4.08. The van der Waals surface area contributed by atoms with Crippen LogP contribution in [0.15, 0.2) is 34.9 Å². The smallest absolute Gasteiger partial charge is 0.221 e. The molecule has 102 valence electrons. The maximum Gasteiger partial charge on any atom is 0.221 e. The predicted molar refractivity (Wildman–Crippen MR) is 77.1 cm³/mol. The standard InChI is InChI=1S/C15H13ClN2O2/c1-2-9-17-14(19)7-8-15-18-10-13(20-15)11-5-3-4-6-12(11)16/h1,3-6,10H,7-9H2,(H,17,19). The summed E-state index contributed by atoms with van der Waals surface area (Å²) in [6.07, 6.45) is 7.36. The van der Waals surface area contributed by atoms with E-state index in [1.54, 1.807) is 12.3 Å². The molecule has 0 bridgehead atoms. The van der Waals surface area contributed by atoms with E-state index < -0.39 is 0 Å². The van der Waals surface area contributed by atoms with Gasteiger partial charge in [0.05, 0.1) is 17.8 Å². The maximum absolute atomic E-state index is 11.4. The molecule has 0 fully saturated rings. The van der Waals surface area contributed by atoms with E-state index in [4.69, 9.17) is 22.4 Å². The van der Waals surface area contributed by atoms with Gasteiger partial charge in [-0.25, -0.2) is 4.98 Å². The van der Waals surface area contributed by atoms with Crippen molar-refractivity contribution in [1.82, 2.24) is 10.3 Å². The first kappa shape index (κ1) is 14.2. The molecule has 1 aromatic carbocycles. The summed E-state index contributed by atoms with van der Waals surface area (Å²) < 4.78 is 5.59. The first-order chi connectivity index (χ1) is 9.70. The van der Waals surface area contributed by atoms with Crippen molar-refractivity contribution < 1.29 is 9.21 Å². The SMILES string of the molecule is C#CCNC(=O)CCc1ncc(-c2ccccc2Cl)o1. The number of rotatable bonds is 5. The number of carbonyl (C=O) groups is 1. The number of hydrogen-bond acceptors (Lipinski definition) is 3. The van der Waals surface area contributed by atoms with E-state index >= 15 is 0 Å². The van der Waals surface area contributed by atoms with Crippen LogP contribution in [0.5, 0.6) is 0 Å². The Bertz CT molecular complexity index is 643. The van der Waals surface area contributed by atoms with Crippen LogP contribution < -0.4 is 5.32 Å². The molecule has 1 amide bonds. The molecule has 1 heterocycles. The lowest BCUT2D eigenvalue weighted by molar-refractivity contribution is -0.120. The summed E-state index contributed by atoms with van der Waals surface area (Å²) in [5.41, 5.74) is 0.782. The van der Waals surface area contributed by atoms with E-state index in [9.17, 15) is 4.79 Å². The number of aryl methyl sites for hydroxylation is 1. The molecule has 4 nitrogen and oxygen atoms in total. The lowest BCUT2D eigenvalue weighted by atomic mass is 10.2. The fourth-order valence-corrected chi connectivity index (χ4v) is 1.90. The third kappa shape index (κ3) is 3.62. The molecule has 1 aromatic heterocycles. The molecule has 0 aliphatic heterocycles. The quantitative estimate of drug-likeness (QED) is 0.861. The van der Waals surface area contributed by atoms with Gasteiger partial charge in [0, 0.05) is 18.4 Å². The van der Waals surface area contributed by atoms with Crippen molar-refractivity contribution in [3.63, 3.8) is 0 Å². The second-order valence-corrected chi connectivity index (χ2v) is 4.49. The molecular weight excluding hydrogens is 276 g/mol. The molecule has 0 spiro atoms. The Morgan fingerprint density at radius 3 is 3.00 bits per heavy atom. The fourth-order valence-electron chi connectivity index (χ4n) is 1.67. The number of hydrogen-bond donors (Lipinski definition) is 1. The van der Waals surface area contributed by atoms with Crippen molar-refractivity contribution >= 4 is 17.5 Å². The number of aromatic nitrogens is 1. The van der Waals surface area contributed by atoms with Gasteiger partial charge >= 0.3 is 0 Å². The summed E-state index contributed by atoms with van der Waals surface area (Å²) in [6.45, 7) is 0.231. The average molecular weight is 289 g/mol. The molecule has 2 aromatic rings. The van der Waals surface area contributed by atoms with Gasteiger partial charge in [0.25, 0.3) is 0 Å². The summed E-state index contributed by atoms with van der Waals surface area (Å²) in [4.78, 5) is 15.5. The first-order valence-electron chi connectivity index (χ1n) is 6.10. The zero-order valence-corrected chi connectivity index (χ0v) is 11.5. The van der Waals surface area contributed by atoms with Crippen LogP contribution >= 0.6 is 11.6 Å². The van der Waals surface area contributed by atoms with Crippen molar-refractivity contribution in [3.8, 4) is 23.7 Å². The van der Waals surface area contributed by atoms with Crippen LogP contribution in [0.3, 0.4) is 0 Å². The minimum atomic E-state index is -0.125. The van der Waals surface area contributed by atoms with Gasteiger partial charge < -0.3 is 9.73 Å². The highest BCUT2D eigenvalue weighted by Crippen LogP contribution is 2.28. The van der Waals surface area contributed by atoms with E-state index in [1.165, 1.54) is 0 Å². The highest BCUT2D eigenvalue weighted by molar-refractivity contribution is 6.33. The summed E-state index contributed by atoms with van der Waals surface area (Å²) in [5.74, 6) is 3.31. The molecule has 0 unspecified atom stereocenters. The van der Waals surface area contributed by atoms with Crippen molar-refractivity contribution in [2.24, 2.45) is 0 Å². The molecule has 20 heavy (non-hydrogen) atoms. The number of nitrogens with zero attached hydrogens (tertiary/aromatic N) is 1. The van der Waals surface area contributed by atoms with Gasteiger partial charge in [0.15, 0.2) is 11.7 Å². The van der Waals surface area contributed by atoms with Crippen molar-refractivity contribution in [2.45, 2.75) is 12.8 Å². The van der Waals surface area contributed by atoms with Crippen LogP contribution in [0, 0.1) is 12.3 Å². The van der Waals surface area contributed by atoms with Crippen LogP contribution in [-0.2, 0) is 11.2 Å². The molecule has 0 atom stereocenters. The van der Waals surface area contributed by atoms with Gasteiger partial charge in [0.1, 0.15) is 0 Å². The first-order valence-corrected chi connectivity index (χ1v) is 6.48. The monoisotopic (exact) mass is 288 g/mol. The fraction of sp³-hybridized carbons (Fsp3) is 0.200. The van der Waals surface area contributed by atoms with Crippen molar-refractivity contribution in [3.05, 3.63) is 41.4 Å². The number of oxazole rings is 1. The molecule has 0 saturated carbocycles. The Labute approximate surface area is 122 Å². The minimum Gasteiger partial charge on any atom is -0.441 e. The molecule has 0 radical (unpaired) electrons. The van der Waals surface area contributed by atoms with Crippen LogP contribution in [0.1, 0.15) is 12.3 Å². The molecule has 0 aliphatic carbocycles. The second kappa shape index (κ2) is 6.78. The molecule has 2 rings (SSSR count). The number of halogens is 1. The highest BCUT2D eigenvalue weighted by atomic mass is 35.5. The van der Waals surface area contributed by atoms with E-state index in [1.807, 2.05) is 18.2 Å². The van der Waals surface area contributed by atoms with Crippen LogP contribution in [0.25, 0.3) is 11.3 Å². The molecule has 5 heteroatoms. The summed E-state index contributed by atoms with van der Waals surface area (Å²) in [7, 11) is 0.